The lowest BCUT2D eigenvalue weighted by Crippen LogP contribution is -2.40. The van der Waals surface area contributed by atoms with Crippen molar-refractivity contribution in [2.75, 3.05) is 20.8 Å². The number of carbonyl (C=O) groups is 2. The Morgan fingerprint density at radius 3 is 2.28 bits per heavy atom. The van der Waals surface area contributed by atoms with Gasteiger partial charge in [0.2, 0.25) is 5.91 Å². The van der Waals surface area contributed by atoms with E-state index in [1.165, 1.54) is 0 Å². The number of hydrazine groups is 1. The number of nitrogens with one attached hydrogen (secondary N) is 3. The van der Waals surface area contributed by atoms with Crippen LogP contribution in [-0.2, 0) is 16.1 Å². The standard InChI is InChI=1S/C21H25N3O5/c1-15(12-20(25)22-13-16-6-4-5-7-19(16)28-3)23-24-21(26)14-29-18-10-8-17(27-2)9-11-18/h4-11,23H,1,12-14H2,2-3H3,(H,22,25)(H,24,26). The highest BCUT2D eigenvalue weighted by molar-refractivity contribution is 5.79. The summed E-state index contributed by atoms with van der Waals surface area (Å²) in [7, 11) is 3.15. The van der Waals surface area contributed by atoms with Gasteiger partial charge in [0.1, 0.15) is 17.2 Å². The number of carbonyl (C=O) groups excluding carboxylic acids is 2. The largest absolute Gasteiger partial charge is 0.497 e. The molecule has 2 aromatic carbocycles. The zero-order chi connectivity index (χ0) is 21.1. The Morgan fingerprint density at radius 2 is 1.59 bits per heavy atom. The van der Waals surface area contributed by atoms with Crippen LogP contribution in [0.3, 0.4) is 0 Å². The highest BCUT2D eigenvalue weighted by Gasteiger charge is 2.08. The van der Waals surface area contributed by atoms with Gasteiger partial charge in [-0.25, -0.2) is 0 Å². The van der Waals surface area contributed by atoms with Crippen LogP contribution in [0.15, 0.2) is 60.8 Å². The van der Waals surface area contributed by atoms with Gasteiger partial charge in [-0.1, -0.05) is 24.8 Å². The summed E-state index contributed by atoms with van der Waals surface area (Å²) in [6.07, 6.45) is 0.00870. The van der Waals surface area contributed by atoms with Crippen LogP contribution >= 0.6 is 0 Å². The molecule has 0 spiro atoms. The molecule has 2 aromatic rings. The van der Waals surface area contributed by atoms with Crippen LogP contribution in [0.25, 0.3) is 0 Å². The second-order valence-electron chi connectivity index (χ2n) is 6.01. The second kappa shape index (κ2) is 11.2. The Hall–Kier alpha value is -3.68. The normalized spacial score (nSPS) is 9.86. The first-order valence-electron chi connectivity index (χ1n) is 8.90. The summed E-state index contributed by atoms with van der Waals surface area (Å²) >= 11 is 0. The van der Waals surface area contributed by atoms with Crippen molar-refractivity contribution in [3.63, 3.8) is 0 Å². The molecule has 0 atom stereocenters. The van der Waals surface area contributed by atoms with E-state index in [-0.39, 0.29) is 18.9 Å². The molecule has 0 bridgehead atoms. The van der Waals surface area contributed by atoms with Gasteiger partial charge >= 0.3 is 0 Å². The number of methoxy groups -OCH3 is 2. The van der Waals surface area contributed by atoms with Crippen molar-refractivity contribution in [3.8, 4) is 17.2 Å². The maximum atomic E-state index is 12.0. The van der Waals surface area contributed by atoms with Gasteiger partial charge in [-0.2, -0.15) is 0 Å². The Labute approximate surface area is 169 Å². The average Bonchev–Trinajstić information content (AvgIpc) is 2.75. The minimum atomic E-state index is -0.406. The number of hydrogen-bond donors (Lipinski definition) is 3. The lowest BCUT2D eigenvalue weighted by Gasteiger charge is -2.13. The molecule has 0 aromatic heterocycles. The van der Waals surface area contributed by atoms with E-state index in [1.54, 1.807) is 38.5 Å². The van der Waals surface area contributed by atoms with E-state index < -0.39 is 5.91 Å². The molecule has 0 aliphatic rings. The van der Waals surface area contributed by atoms with Gasteiger partial charge in [0.25, 0.3) is 5.91 Å². The first-order chi connectivity index (χ1) is 14.0. The molecule has 0 saturated carbocycles. The van der Waals surface area contributed by atoms with E-state index in [9.17, 15) is 9.59 Å². The zero-order valence-electron chi connectivity index (χ0n) is 16.5. The van der Waals surface area contributed by atoms with E-state index in [0.29, 0.717) is 29.5 Å². The van der Waals surface area contributed by atoms with Gasteiger partial charge in [0.15, 0.2) is 6.61 Å². The van der Waals surface area contributed by atoms with Crippen molar-refractivity contribution in [1.29, 1.82) is 0 Å². The molecule has 154 valence electrons. The molecule has 2 amide bonds. The van der Waals surface area contributed by atoms with Crippen molar-refractivity contribution >= 4 is 11.8 Å². The minimum absolute atomic E-state index is 0.00870. The van der Waals surface area contributed by atoms with Crippen molar-refractivity contribution in [2.24, 2.45) is 0 Å². The average molecular weight is 399 g/mol. The van der Waals surface area contributed by atoms with Gasteiger partial charge in [0, 0.05) is 17.8 Å². The third kappa shape index (κ3) is 7.45. The maximum Gasteiger partial charge on any atom is 0.276 e. The summed E-state index contributed by atoms with van der Waals surface area (Å²) in [4.78, 5) is 23.9. The van der Waals surface area contributed by atoms with Crippen LogP contribution < -0.4 is 30.4 Å². The van der Waals surface area contributed by atoms with Crippen molar-refractivity contribution in [3.05, 3.63) is 66.4 Å². The van der Waals surface area contributed by atoms with Crippen molar-refractivity contribution in [2.45, 2.75) is 13.0 Å². The maximum absolute atomic E-state index is 12.0. The smallest absolute Gasteiger partial charge is 0.276 e. The number of benzene rings is 2. The summed E-state index contributed by atoms with van der Waals surface area (Å²) in [5.74, 6) is 1.29. The molecule has 3 N–H and O–H groups in total. The van der Waals surface area contributed by atoms with E-state index in [1.807, 2.05) is 24.3 Å². The fourth-order valence-corrected chi connectivity index (χ4v) is 2.36. The van der Waals surface area contributed by atoms with Crippen LogP contribution in [0.4, 0.5) is 0 Å². The fraction of sp³-hybridized carbons (Fsp3) is 0.238. The highest BCUT2D eigenvalue weighted by atomic mass is 16.5. The van der Waals surface area contributed by atoms with Gasteiger partial charge in [0.05, 0.1) is 20.6 Å². The summed E-state index contributed by atoms with van der Waals surface area (Å²) in [6.45, 7) is 3.87. The Kier molecular flexibility index (Phi) is 8.37. The fourth-order valence-electron chi connectivity index (χ4n) is 2.36. The molecule has 29 heavy (non-hydrogen) atoms. The predicted octanol–water partition coefficient (Wildman–Crippen LogP) is 1.92. The summed E-state index contributed by atoms with van der Waals surface area (Å²) < 4.78 is 15.7. The number of amides is 2. The van der Waals surface area contributed by atoms with Gasteiger partial charge in [-0.15, -0.1) is 0 Å². The third-order valence-corrected chi connectivity index (χ3v) is 3.85. The molecule has 0 fully saturated rings. The molecule has 0 heterocycles. The Bertz CT molecular complexity index is 836. The molecule has 0 saturated heterocycles. The van der Waals surface area contributed by atoms with Crippen LogP contribution in [0.2, 0.25) is 0 Å². The highest BCUT2D eigenvalue weighted by Crippen LogP contribution is 2.17. The van der Waals surface area contributed by atoms with Crippen LogP contribution in [0.1, 0.15) is 12.0 Å². The Morgan fingerprint density at radius 1 is 0.897 bits per heavy atom. The third-order valence-electron chi connectivity index (χ3n) is 3.85. The lowest BCUT2D eigenvalue weighted by atomic mass is 10.2. The molecular formula is C21H25N3O5. The predicted molar refractivity (Wildman–Crippen MR) is 108 cm³/mol. The van der Waals surface area contributed by atoms with Gasteiger partial charge in [-0.3, -0.25) is 15.0 Å². The SMILES string of the molecule is C=C(CC(=O)NCc1ccccc1OC)NNC(=O)COc1ccc(OC)cc1. The number of rotatable bonds is 11. The molecule has 0 aliphatic carbocycles. The summed E-state index contributed by atoms with van der Waals surface area (Å²) in [5, 5.41) is 2.78. The molecule has 0 unspecified atom stereocenters. The summed E-state index contributed by atoms with van der Waals surface area (Å²) in [6, 6.07) is 14.3. The quantitative estimate of drug-likeness (QED) is 0.500. The minimum Gasteiger partial charge on any atom is -0.497 e. The lowest BCUT2D eigenvalue weighted by molar-refractivity contribution is -0.124. The Balaban J connectivity index is 1.66. The molecule has 8 nitrogen and oxygen atoms in total. The summed E-state index contributed by atoms with van der Waals surface area (Å²) in [5.41, 5.74) is 6.26. The molecule has 8 heteroatoms. The van der Waals surface area contributed by atoms with E-state index in [4.69, 9.17) is 14.2 Å². The number of hydrogen-bond acceptors (Lipinski definition) is 6. The van der Waals surface area contributed by atoms with Gasteiger partial charge in [-0.05, 0) is 30.3 Å². The van der Waals surface area contributed by atoms with E-state index in [2.05, 4.69) is 22.7 Å². The van der Waals surface area contributed by atoms with Crippen LogP contribution in [-0.4, -0.2) is 32.6 Å². The van der Waals surface area contributed by atoms with Crippen molar-refractivity contribution in [1.82, 2.24) is 16.2 Å². The van der Waals surface area contributed by atoms with Gasteiger partial charge < -0.3 is 25.0 Å². The topological polar surface area (TPSA) is 97.9 Å². The molecular weight excluding hydrogens is 374 g/mol. The van der Waals surface area contributed by atoms with E-state index >= 15 is 0 Å². The van der Waals surface area contributed by atoms with Crippen LogP contribution in [0.5, 0.6) is 17.2 Å². The monoisotopic (exact) mass is 399 g/mol. The second-order valence-corrected chi connectivity index (χ2v) is 6.01. The molecule has 0 radical (unpaired) electrons. The first kappa shape index (κ1) is 21.6. The molecule has 0 aliphatic heterocycles. The van der Waals surface area contributed by atoms with Crippen molar-refractivity contribution < 1.29 is 23.8 Å². The number of ether oxygens (including phenoxy) is 3. The first-order valence-corrected chi connectivity index (χ1v) is 8.90. The van der Waals surface area contributed by atoms with Crippen LogP contribution in [0, 0.1) is 0 Å². The molecule has 2 rings (SSSR count). The number of para-hydroxylation sites is 1. The van der Waals surface area contributed by atoms with E-state index in [0.717, 1.165) is 5.56 Å². The zero-order valence-corrected chi connectivity index (χ0v) is 16.5.